The third-order valence-corrected chi connectivity index (χ3v) is 7.53. The van der Waals surface area contributed by atoms with Crippen LogP contribution in [0, 0.1) is 40.9 Å². The summed E-state index contributed by atoms with van der Waals surface area (Å²) in [7, 11) is 0. The zero-order valence-electron chi connectivity index (χ0n) is 28.6. The van der Waals surface area contributed by atoms with Gasteiger partial charge in [0, 0.05) is 22.3 Å². The van der Waals surface area contributed by atoms with E-state index in [9.17, 15) is 121 Å². The summed E-state index contributed by atoms with van der Waals surface area (Å²) in [5, 5.41) is 30.0. The SMILES string of the molecule is Cc1nc(C(F)(F)F)nc(C(F)(F)F)c1/C(C#N)=C1/C(=C(C#N)c2c(C(F)(F)F)nc(C(F)(F)F)nc2C(F)(F)F)/C1=C(/C#N)c1c(C(F)(F)F)nc(C(F)(F)F)nc1C(F)(F)F. The van der Waals surface area contributed by atoms with Crippen molar-refractivity contribution < 1.29 is 105 Å². The van der Waals surface area contributed by atoms with Crippen LogP contribution in [0.1, 0.15) is 68.3 Å². The molecule has 0 unspecified atom stereocenters. The molecule has 3 heterocycles. The lowest BCUT2D eigenvalue weighted by molar-refractivity contribution is -0.162. The third-order valence-electron chi connectivity index (χ3n) is 7.53. The first-order chi connectivity index (χ1) is 28.1. The summed E-state index contributed by atoms with van der Waals surface area (Å²) < 4.78 is 336. The number of halogens is 24. The molecule has 1 aliphatic carbocycles. The summed E-state index contributed by atoms with van der Waals surface area (Å²) in [6, 6.07) is 1.42. The number of rotatable bonds is 3. The summed E-state index contributed by atoms with van der Waals surface area (Å²) in [4.78, 5) is 12.3. The van der Waals surface area contributed by atoms with Crippen LogP contribution >= 0.6 is 0 Å². The Morgan fingerprint density at radius 3 is 0.698 bits per heavy atom. The van der Waals surface area contributed by atoms with Crippen LogP contribution in [0.3, 0.4) is 0 Å². The standard InChI is InChI=1S/C30H3F24N9/c1-5-9(15(23(31,32)33)59-20(58-5)28(46,47)48)6(2-55)10-11(7(3-56)13-16(24(34,35)36)60-21(29(49,50)51)61-17(13)25(37,38)39)12(10)8(4-57)14-18(26(40,41)42)62-22(30(52,53)54)63-19(14)27(43,44)45/h1H3/b10-6-,11-7?,12-8-. The topological polar surface area (TPSA) is 149 Å². The van der Waals surface area contributed by atoms with Crippen molar-refractivity contribution in [1.82, 2.24) is 29.9 Å². The zero-order valence-corrected chi connectivity index (χ0v) is 28.6. The highest BCUT2D eigenvalue weighted by Gasteiger charge is 2.55. The Labute approximate surface area is 328 Å². The molecule has 0 aliphatic heterocycles. The lowest BCUT2D eigenvalue weighted by Crippen LogP contribution is -2.25. The van der Waals surface area contributed by atoms with Gasteiger partial charge in [0.25, 0.3) is 0 Å². The smallest absolute Gasteiger partial charge is 0.229 e. The number of nitriles is 3. The predicted octanol–water partition coefficient (Wildman–Crippen LogP) is 10.8. The van der Waals surface area contributed by atoms with Gasteiger partial charge in [-0.2, -0.15) is 121 Å². The normalized spacial score (nSPS) is 16.9. The maximum absolute atomic E-state index is 14.3. The van der Waals surface area contributed by atoms with Crippen LogP contribution in [-0.2, 0) is 49.4 Å². The predicted molar refractivity (Wildman–Crippen MR) is 148 cm³/mol. The fourth-order valence-electron chi connectivity index (χ4n) is 5.32. The van der Waals surface area contributed by atoms with Crippen LogP contribution in [0.5, 0.6) is 0 Å². The third kappa shape index (κ3) is 9.38. The highest BCUT2D eigenvalue weighted by molar-refractivity contribution is 6.13. The molecule has 0 amide bonds. The Morgan fingerprint density at radius 1 is 0.317 bits per heavy atom. The van der Waals surface area contributed by atoms with Crippen LogP contribution < -0.4 is 0 Å². The Kier molecular flexibility index (Phi) is 11.6. The molecule has 1 aliphatic rings. The first kappa shape index (κ1) is 48.9. The average molecular weight is 945 g/mol. The van der Waals surface area contributed by atoms with Gasteiger partial charge in [-0.05, 0) is 6.92 Å². The van der Waals surface area contributed by atoms with E-state index in [2.05, 4.69) is 9.97 Å². The Hall–Kier alpha value is -6.75. The van der Waals surface area contributed by atoms with Gasteiger partial charge < -0.3 is 0 Å². The van der Waals surface area contributed by atoms with E-state index in [4.69, 9.17) is 0 Å². The van der Waals surface area contributed by atoms with Gasteiger partial charge in [-0.25, -0.2) is 29.9 Å². The van der Waals surface area contributed by atoms with Gasteiger partial charge in [0.2, 0.25) is 17.5 Å². The molecular weight excluding hydrogens is 942 g/mol. The van der Waals surface area contributed by atoms with Gasteiger partial charge in [0.05, 0.1) is 33.5 Å². The van der Waals surface area contributed by atoms with Crippen LogP contribution in [0.15, 0.2) is 16.7 Å². The average Bonchev–Trinajstić information content (AvgIpc) is 3.79. The van der Waals surface area contributed by atoms with Gasteiger partial charge in [-0.15, -0.1) is 0 Å². The van der Waals surface area contributed by atoms with Gasteiger partial charge in [0.15, 0.2) is 28.5 Å². The quantitative estimate of drug-likeness (QED) is 0.185. The van der Waals surface area contributed by atoms with E-state index in [1.165, 1.54) is 0 Å². The molecule has 0 saturated heterocycles. The number of alkyl halides is 24. The van der Waals surface area contributed by atoms with E-state index in [-0.39, 0.29) is 6.92 Å². The number of allylic oxidation sites excluding steroid dienone is 6. The fraction of sp³-hybridized carbons (Fsp3) is 0.300. The van der Waals surface area contributed by atoms with Crippen molar-refractivity contribution in [2.24, 2.45) is 0 Å². The number of hydrogen-bond acceptors (Lipinski definition) is 9. The molecule has 63 heavy (non-hydrogen) atoms. The van der Waals surface area contributed by atoms with Crippen LogP contribution in [0.2, 0.25) is 0 Å². The first-order valence-corrected chi connectivity index (χ1v) is 14.9. The molecule has 0 bridgehead atoms. The van der Waals surface area contributed by atoms with Gasteiger partial charge in [-0.3, -0.25) is 0 Å². The molecule has 1 fully saturated rings. The van der Waals surface area contributed by atoms with Gasteiger partial charge in [0.1, 0.15) is 18.2 Å². The molecule has 0 spiro atoms. The number of hydrogen-bond donors (Lipinski definition) is 0. The summed E-state index contributed by atoms with van der Waals surface area (Å²) >= 11 is 0. The first-order valence-electron chi connectivity index (χ1n) is 14.9. The lowest BCUT2D eigenvalue weighted by Gasteiger charge is -2.19. The molecular formula is C30H3F24N9. The van der Waals surface area contributed by atoms with Gasteiger partial charge >= 0.3 is 49.4 Å². The highest BCUT2D eigenvalue weighted by atomic mass is 19.4. The molecule has 0 N–H and O–H groups in total. The van der Waals surface area contributed by atoms with Crippen molar-refractivity contribution in [2.75, 3.05) is 0 Å². The van der Waals surface area contributed by atoms with E-state index in [1.54, 1.807) is 0 Å². The van der Waals surface area contributed by atoms with Crippen molar-refractivity contribution in [1.29, 1.82) is 15.8 Å². The molecule has 3 aromatic heterocycles. The Morgan fingerprint density at radius 2 is 0.508 bits per heavy atom. The second-order valence-corrected chi connectivity index (χ2v) is 11.7. The second kappa shape index (κ2) is 15.0. The number of aromatic nitrogens is 6. The summed E-state index contributed by atoms with van der Waals surface area (Å²) in [5.74, 6) is -9.36. The van der Waals surface area contributed by atoms with Gasteiger partial charge in [-0.1, -0.05) is 0 Å². The molecule has 1 saturated carbocycles. The van der Waals surface area contributed by atoms with Crippen LogP contribution in [0.4, 0.5) is 105 Å². The number of nitrogens with zero attached hydrogens (tertiary/aromatic N) is 9. The summed E-state index contributed by atoms with van der Waals surface area (Å²) in [6.07, 6.45) is -51.7. The molecule has 0 atom stereocenters. The molecule has 0 aromatic carbocycles. The van der Waals surface area contributed by atoms with E-state index < -0.39 is 151 Å². The molecule has 9 nitrogen and oxygen atoms in total. The fourth-order valence-corrected chi connectivity index (χ4v) is 5.32. The van der Waals surface area contributed by atoms with Crippen LogP contribution in [0.25, 0.3) is 16.7 Å². The zero-order chi connectivity index (χ0) is 48.8. The summed E-state index contributed by atoms with van der Waals surface area (Å²) in [6.45, 7) is 0.116. The van der Waals surface area contributed by atoms with Crippen molar-refractivity contribution in [3.63, 3.8) is 0 Å². The molecule has 4 rings (SSSR count). The van der Waals surface area contributed by atoms with E-state index in [0.717, 1.165) is 0 Å². The monoisotopic (exact) mass is 945 g/mol. The van der Waals surface area contributed by atoms with E-state index in [0.29, 0.717) is 18.2 Å². The minimum Gasteiger partial charge on any atom is -0.229 e. The van der Waals surface area contributed by atoms with Crippen LogP contribution in [-0.4, -0.2) is 29.9 Å². The molecule has 336 valence electrons. The second-order valence-electron chi connectivity index (χ2n) is 11.7. The Bertz CT molecular complexity index is 2440. The molecule has 33 heteroatoms. The number of aryl methyl sites for hydroxylation is 1. The van der Waals surface area contributed by atoms with Crippen molar-refractivity contribution in [2.45, 2.75) is 56.3 Å². The molecule has 0 radical (unpaired) electrons. The largest absolute Gasteiger partial charge is 0.451 e. The minimum atomic E-state index is -6.69. The summed E-state index contributed by atoms with van der Waals surface area (Å²) in [5.41, 5.74) is -41.5. The van der Waals surface area contributed by atoms with Crippen molar-refractivity contribution in [3.8, 4) is 18.2 Å². The van der Waals surface area contributed by atoms with Crippen molar-refractivity contribution >= 4 is 16.7 Å². The Balaban J connectivity index is 2.56. The molecule has 3 aromatic rings. The highest BCUT2D eigenvalue weighted by Crippen LogP contribution is 2.59. The van der Waals surface area contributed by atoms with Crippen molar-refractivity contribution in [3.05, 3.63) is 85.0 Å². The minimum absolute atomic E-state index is 0.116. The van der Waals surface area contributed by atoms with E-state index in [1.807, 2.05) is 19.9 Å². The maximum atomic E-state index is 14.3. The van der Waals surface area contributed by atoms with E-state index >= 15 is 0 Å². The lowest BCUT2D eigenvalue weighted by atomic mass is 9.98. The maximum Gasteiger partial charge on any atom is 0.451 e.